The first kappa shape index (κ1) is 52.9. The summed E-state index contributed by atoms with van der Waals surface area (Å²) in [7, 11) is 2.59. The number of halogens is 1. The Kier molecular flexibility index (Phi) is 17.0. The summed E-state index contributed by atoms with van der Waals surface area (Å²) in [6.07, 6.45) is 0.0507. The van der Waals surface area contributed by atoms with Crippen LogP contribution in [0.2, 0.25) is 0 Å². The minimum atomic E-state index is -0.819. The molecule has 4 atom stereocenters. The SMILES string of the molecule is C=Cc1cccc(-c2nc3ccccc3nc2O[C@@H]2C[C@@H](C(=O)OC)N(C(=O)OC(C)(C)C)C2)c1.COC(=O)[C@@H]1C[C@@H](Oc2nc3ccccc3nc2-c2cccc(Br)c2)CN1C(=O)OC(C)(C)C.[Pd]. The summed E-state index contributed by atoms with van der Waals surface area (Å²) in [6, 6.07) is 28.9. The van der Waals surface area contributed by atoms with E-state index in [0.29, 0.717) is 34.2 Å². The summed E-state index contributed by atoms with van der Waals surface area (Å²) < 4.78 is 34.4. The van der Waals surface area contributed by atoms with Crippen molar-refractivity contribution < 1.29 is 68.0 Å². The fourth-order valence-electron chi connectivity index (χ4n) is 7.80. The molecule has 4 heterocycles. The van der Waals surface area contributed by atoms with E-state index in [0.717, 1.165) is 32.2 Å². The van der Waals surface area contributed by atoms with Crippen LogP contribution in [-0.4, -0.2) is 117 Å². The van der Waals surface area contributed by atoms with Crippen LogP contribution in [0.3, 0.4) is 0 Å². The monoisotopic (exact) mass is 1110 g/mol. The Labute approximate surface area is 428 Å². The number of rotatable bonds is 9. The maximum Gasteiger partial charge on any atom is 0.411 e. The van der Waals surface area contributed by atoms with Gasteiger partial charge in [-0.05, 0) is 89.6 Å². The van der Waals surface area contributed by atoms with Gasteiger partial charge in [0, 0.05) is 48.9 Å². The molecule has 18 heteroatoms. The van der Waals surface area contributed by atoms with E-state index in [1.54, 1.807) is 47.6 Å². The topological polar surface area (TPSA) is 182 Å². The number of esters is 2. The number of carbonyl (C=O) groups is 4. The molecule has 2 aromatic heterocycles. The van der Waals surface area contributed by atoms with E-state index in [-0.39, 0.29) is 46.4 Å². The van der Waals surface area contributed by atoms with E-state index in [4.69, 9.17) is 48.4 Å². The molecule has 6 aromatic rings. The molecule has 8 rings (SSSR count). The van der Waals surface area contributed by atoms with Gasteiger partial charge in [-0.1, -0.05) is 83.2 Å². The first-order chi connectivity index (χ1) is 32.8. The van der Waals surface area contributed by atoms with Crippen molar-refractivity contribution in [1.82, 2.24) is 29.7 Å². The summed E-state index contributed by atoms with van der Waals surface area (Å²) in [4.78, 5) is 72.3. The first-order valence-corrected chi connectivity index (χ1v) is 23.1. The molecule has 0 saturated carbocycles. The molecule has 0 spiro atoms. The van der Waals surface area contributed by atoms with E-state index >= 15 is 0 Å². The van der Waals surface area contributed by atoms with Crippen molar-refractivity contribution in [2.24, 2.45) is 0 Å². The molecule has 4 aromatic carbocycles. The average molecular weight is 1110 g/mol. The predicted octanol–water partition coefficient (Wildman–Crippen LogP) is 9.86. The molecule has 370 valence electrons. The minimum absolute atomic E-state index is 0. The van der Waals surface area contributed by atoms with Crippen molar-refractivity contribution in [3.8, 4) is 34.3 Å². The zero-order valence-electron chi connectivity index (χ0n) is 40.1. The second-order valence-corrected chi connectivity index (χ2v) is 19.3. The van der Waals surface area contributed by atoms with Crippen molar-refractivity contribution >= 4 is 68.2 Å². The van der Waals surface area contributed by atoms with E-state index in [1.165, 1.54) is 24.0 Å². The first-order valence-electron chi connectivity index (χ1n) is 22.3. The number of para-hydroxylation sites is 4. The Hall–Kier alpha value is -6.48. The van der Waals surface area contributed by atoms with Crippen LogP contribution in [0.5, 0.6) is 11.8 Å². The third kappa shape index (κ3) is 13.0. The molecule has 0 radical (unpaired) electrons. The maximum atomic E-state index is 12.8. The van der Waals surface area contributed by atoms with Gasteiger partial charge in [0.1, 0.15) is 46.9 Å². The summed E-state index contributed by atoms with van der Waals surface area (Å²) >= 11 is 3.50. The normalized spacial score (nSPS) is 17.7. The minimum Gasteiger partial charge on any atom is -0.471 e. The number of aromatic nitrogens is 4. The number of hydrogen-bond acceptors (Lipinski definition) is 14. The molecule has 2 aliphatic rings. The number of fused-ring (bicyclic) bond motifs is 2. The van der Waals surface area contributed by atoms with E-state index in [2.05, 4.69) is 22.5 Å². The molecule has 2 saturated heterocycles. The Morgan fingerprint density at radius 2 is 1.00 bits per heavy atom. The second-order valence-electron chi connectivity index (χ2n) is 18.4. The molecule has 0 N–H and O–H groups in total. The summed E-state index contributed by atoms with van der Waals surface area (Å²) in [5, 5.41) is 0. The Bertz CT molecular complexity index is 2890. The van der Waals surface area contributed by atoms with Gasteiger partial charge in [-0.15, -0.1) is 0 Å². The molecule has 0 aliphatic carbocycles. The van der Waals surface area contributed by atoms with Crippen molar-refractivity contribution in [2.75, 3.05) is 27.3 Å². The van der Waals surface area contributed by atoms with Gasteiger partial charge in [0.15, 0.2) is 0 Å². The number of methoxy groups -OCH3 is 2. The Balaban J connectivity index is 0.000000226. The number of ether oxygens (including phenoxy) is 6. The van der Waals surface area contributed by atoms with E-state index < -0.39 is 59.6 Å². The van der Waals surface area contributed by atoms with Crippen LogP contribution in [0.4, 0.5) is 9.59 Å². The number of benzene rings is 4. The molecular weight excluding hydrogens is 1050 g/mol. The standard InChI is InChI=1S/C27H29N3O5.C25H26BrN3O5.Pd/c1-6-17-10-9-11-18(14-17)23-24(29-21-13-8-7-12-20(21)28-23)34-19-15-22(25(31)33-5)30(16-19)26(32)35-27(2,3)4;1-25(2,3)34-24(31)29-14-17(13-20(29)23(30)32-4)33-22-21(15-8-7-9-16(26)12-15)27-18-10-5-6-11-19(18)28-22;/h6-14,19,22H,1,15-16H2,2-5H3;5-12,17,20H,13-14H2,1-4H3;/t19-,22+;17-,20+;/m11./s1. The number of amides is 2. The van der Waals surface area contributed by atoms with Gasteiger partial charge in [0.25, 0.3) is 0 Å². The largest absolute Gasteiger partial charge is 0.471 e. The zero-order chi connectivity index (χ0) is 49.6. The quantitative estimate of drug-likeness (QED) is 0.0758. The van der Waals surface area contributed by atoms with Gasteiger partial charge >= 0.3 is 24.1 Å². The molecule has 0 unspecified atom stereocenters. The molecule has 2 aliphatic heterocycles. The molecular formula is C52H55BrN6O10Pd. The van der Waals surface area contributed by atoms with Crippen LogP contribution >= 0.6 is 15.9 Å². The van der Waals surface area contributed by atoms with Crippen LogP contribution < -0.4 is 9.47 Å². The van der Waals surface area contributed by atoms with Crippen LogP contribution in [0.1, 0.15) is 59.9 Å². The van der Waals surface area contributed by atoms with Gasteiger partial charge < -0.3 is 28.4 Å². The number of likely N-dealkylation sites (tertiary alicyclic amines) is 2. The fourth-order valence-corrected chi connectivity index (χ4v) is 8.20. The zero-order valence-corrected chi connectivity index (χ0v) is 43.3. The van der Waals surface area contributed by atoms with Crippen molar-refractivity contribution in [3.63, 3.8) is 0 Å². The third-order valence-corrected chi connectivity index (χ3v) is 11.3. The summed E-state index contributed by atoms with van der Waals surface area (Å²) in [5.74, 6) is -0.389. The molecule has 70 heavy (non-hydrogen) atoms. The number of hydrogen-bond donors (Lipinski definition) is 0. The van der Waals surface area contributed by atoms with Gasteiger partial charge in [0.2, 0.25) is 11.8 Å². The average Bonchev–Trinajstić information content (AvgIpc) is 3.95. The van der Waals surface area contributed by atoms with Crippen LogP contribution in [0.25, 0.3) is 50.7 Å². The predicted molar refractivity (Wildman–Crippen MR) is 263 cm³/mol. The molecule has 16 nitrogen and oxygen atoms in total. The smallest absolute Gasteiger partial charge is 0.411 e. The van der Waals surface area contributed by atoms with E-state index in [1.807, 2.05) is 97.1 Å². The van der Waals surface area contributed by atoms with Crippen LogP contribution in [0.15, 0.2) is 108 Å². The Morgan fingerprint density at radius 3 is 1.39 bits per heavy atom. The molecule has 0 bridgehead atoms. The summed E-state index contributed by atoms with van der Waals surface area (Å²) in [5.41, 5.74) is 5.15. The molecule has 2 amide bonds. The fraction of sp³-hybridized carbons (Fsp3) is 0.346. The van der Waals surface area contributed by atoms with Crippen LogP contribution in [-0.2, 0) is 49.0 Å². The van der Waals surface area contributed by atoms with Crippen molar-refractivity contribution in [2.45, 2.75) is 89.9 Å². The third-order valence-electron chi connectivity index (χ3n) is 10.9. The number of nitrogens with zero attached hydrogens (tertiary/aromatic N) is 6. The molecule has 2 fully saturated rings. The maximum absolute atomic E-state index is 12.8. The second kappa shape index (κ2) is 22.5. The Morgan fingerprint density at radius 1 is 0.600 bits per heavy atom. The van der Waals surface area contributed by atoms with Crippen LogP contribution in [0, 0.1) is 0 Å². The summed E-state index contributed by atoms with van der Waals surface area (Å²) in [6.45, 7) is 14.8. The van der Waals surface area contributed by atoms with Gasteiger partial charge in [-0.2, -0.15) is 0 Å². The van der Waals surface area contributed by atoms with Gasteiger partial charge in [-0.25, -0.2) is 39.1 Å². The van der Waals surface area contributed by atoms with E-state index in [9.17, 15) is 19.2 Å². The van der Waals surface area contributed by atoms with Crippen molar-refractivity contribution in [3.05, 3.63) is 114 Å². The van der Waals surface area contributed by atoms with Crippen molar-refractivity contribution in [1.29, 1.82) is 0 Å². The number of carbonyl (C=O) groups excluding carboxylic acids is 4. The van der Waals surface area contributed by atoms with Gasteiger partial charge in [-0.3, -0.25) is 9.80 Å². The van der Waals surface area contributed by atoms with Gasteiger partial charge in [0.05, 0.1) is 49.4 Å².